The number of benzene rings is 2. The lowest BCUT2D eigenvalue weighted by atomic mass is 10.2. The van der Waals surface area contributed by atoms with E-state index >= 15 is 0 Å². The number of aromatic hydroxyl groups is 1. The molecule has 10 nitrogen and oxygen atoms in total. The molecule has 0 radical (unpaired) electrons. The molecule has 2 aromatic carbocycles. The number of hydrogen-bond acceptors (Lipinski definition) is 9. The summed E-state index contributed by atoms with van der Waals surface area (Å²) in [5.74, 6) is 0.108. The molecule has 34 heavy (non-hydrogen) atoms. The number of carbonyl (C=O) groups is 2. The maximum atomic E-state index is 12.8. The molecule has 0 aromatic heterocycles. The van der Waals surface area contributed by atoms with Crippen molar-refractivity contribution in [3.05, 3.63) is 57.0 Å². The van der Waals surface area contributed by atoms with E-state index in [-0.39, 0.29) is 36.0 Å². The van der Waals surface area contributed by atoms with Crippen LogP contribution in [-0.4, -0.2) is 51.8 Å². The number of thioether (sulfide) groups is 1. The van der Waals surface area contributed by atoms with Crippen LogP contribution in [-0.2, 0) is 9.59 Å². The molecule has 0 saturated carbocycles. The summed E-state index contributed by atoms with van der Waals surface area (Å²) >= 11 is 6.49. The lowest BCUT2D eigenvalue weighted by Gasteiger charge is -2.14. The Balaban J connectivity index is 1.59. The van der Waals surface area contributed by atoms with Crippen LogP contribution in [0.5, 0.6) is 17.2 Å². The zero-order valence-electron chi connectivity index (χ0n) is 18.3. The van der Waals surface area contributed by atoms with Crippen molar-refractivity contribution in [3.63, 3.8) is 0 Å². The number of anilines is 1. The fourth-order valence-corrected chi connectivity index (χ4v) is 4.44. The molecule has 0 atom stereocenters. The maximum absolute atomic E-state index is 12.8. The summed E-state index contributed by atoms with van der Waals surface area (Å²) in [6, 6.07) is 8.63. The Labute approximate surface area is 204 Å². The third-order valence-corrected chi connectivity index (χ3v) is 6.21. The van der Waals surface area contributed by atoms with Gasteiger partial charge in [-0.2, -0.15) is 0 Å². The minimum atomic E-state index is -0.625. The number of amides is 2. The minimum Gasteiger partial charge on any atom is -0.506 e. The van der Waals surface area contributed by atoms with Crippen LogP contribution < -0.4 is 14.8 Å². The summed E-state index contributed by atoms with van der Waals surface area (Å²) in [5.41, 5.74) is 0.434. The molecule has 0 bridgehead atoms. The Morgan fingerprint density at radius 3 is 2.65 bits per heavy atom. The average Bonchev–Trinajstić information content (AvgIpc) is 3.07. The van der Waals surface area contributed by atoms with E-state index in [1.165, 1.54) is 30.9 Å². The van der Waals surface area contributed by atoms with Crippen molar-refractivity contribution in [3.8, 4) is 17.2 Å². The van der Waals surface area contributed by atoms with Gasteiger partial charge in [-0.05, 0) is 36.3 Å². The number of nitro benzene ring substituents is 1. The van der Waals surface area contributed by atoms with Gasteiger partial charge in [0.15, 0.2) is 11.5 Å². The van der Waals surface area contributed by atoms with Crippen molar-refractivity contribution in [1.29, 1.82) is 0 Å². The van der Waals surface area contributed by atoms with Gasteiger partial charge in [0.05, 0.1) is 29.7 Å². The molecular formula is C22H21N3O7S2. The lowest BCUT2D eigenvalue weighted by Crippen LogP contribution is -2.29. The molecule has 1 heterocycles. The molecule has 0 unspecified atom stereocenters. The number of thiocarbonyl (C=S) groups is 1. The molecule has 1 aliphatic rings. The first-order chi connectivity index (χ1) is 16.2. The first-order valence-corrected chi connectivity index (χ1v) is 11.2. The number of nitrogens with zero attached hydrogens (tertiary/aromatic N) is 2. The van der Waals surface area contributed by atoms with Crippen LogP contribution in [0.1, 0.15) is 18.4 Å². The Kier molecular flexibility index (Phi) is 8.08. The normalized spacial score (nSPS) is 14.4. The highest BCUT2D eigenvalue weighted by atomic mass is 32.2. The topological polar surface area (TPSA) is 131 Å². The van der Waals surface area contributed by atoms with Gasteiger partial charge in [-0.1, -0.05) is 30.0 Å². The number of ether oxygens (including phenoxy) is 2. The molecule has 0 aliphatic carbocycles. The van der Waals surface area contributed by atoms with Gasteiger partial charge < -0.3 is 19.9 Å². The molecule has 0 spiro atoms. The summed E-state index contributed by atoms with van der Waals surface area (Å²) in [5, 5.41) is 23.1. The molecule has 1 fully saturated rings. The first kappa shape index (κ1) is 25.0. The maximum Gasteiger partial charge on any atom is 0.271 e. The van der Waals surface area contributed by atoms with E-state index in [0.29, 0.717) is 27.1 Å². The number of nitro groups is 1. The summed E-state index contributed by atoms with van der Waals surface area (Å²) in [4.78, 5) is 37.2. The molecule has 1 saturated heterocycles. The SMILES string of the molecule is COc1ccc(/C=C2\SC(=S)N(CCCC(=O)Nc3cc([N+](=O)[O-])ccc3O)C2=O)cc1OC. The third kappa shape index (κ3) is 5.83. The molecule has 1 aliphatic heterocycles. The zero-order chi connectivity index (χ0) is 24.8. The van der Waals surface area contributed by atoms with Crippen LogP contribution in [0.4, 0.5) is 11.4 Å². The first-order valence-electron chi connectivity index (χ1n) is 9.98. The minimum absolute atomic E-state index is 0.0217. The highest BCUT2D eigenvalue weighted by Gasteiger charge is 2.31. The summed E-state index contributed by atoms with van der Waals surface area (Å²) < 4.78 is 10.9. The fraction of sp³-hybridized carbons (Fsp3) is 0.227. The Morgan fingerprint density at radius 2 is 1.97 bits per heavy atom. The highest BCUT2D eigenvalue weighted by molar-refractivity contribution is 8.26. The number of phenols is 1. The number of hydrogen-bond donors (Lipinski definition) is 2. The zero-order valence-corrected chi connectivity index (χ0v) is 19.9. The second-order valence-corrected chi connectivity index (χ2v) is 8.73. The van der Waals surface area contributed by atoms with Crippen LogP contribution in [0.3, 0.4) is 0 Å². The number of rotatable bonds is 9. The monoisotopic (exact) mass is 503 g/mol. The van der Waals surface area contributed by atoms with Gasteiger partial charge in [-0.15, -0.1) is 0 Å². The highest BCUT2D eigenvalue weighted by Crippen LogP contribution is 2.35. The second kappa shape index (κ2) is 11.0. The van der Waals surface area contributed by atoms with Gasteiger partial charge >= 0.3 is 0 Å². The summed E-state index contributed by atoms with van der Waals surface area (Å²) in [6.45, 7) is 0.224. The van der Waals surface area contributed by atoms with E-state index in [1.807, 2.05) is 0 Å². The molecule has 178 valence electrons. The van der Waals surface area contributed by atoms with E-state index in [1.54, 1.807) is 24.3 Å². The molecular weight excluding hydrogens is 482 g/mol. The average molecular weight is 504 g/mol. The van der Waals surface area contributed by atoms with Crippen molar-refractivity contribution in [1.82, 2.24) is 4.90 Å². The van der Waals surface area contributed by atoms with Gasteiger partial charge in [-0.25, -0.2) is 0 Å². The van der Waals surface area contributed by atoms with E-state index < -0.39 is 10.8 Å². The molecule has 2 aromatic rings. The standard InChI is InChI=1S/C22H21N3O7S2/c1-31-17-8-5-13(10-18(17)32-2)11-19-21(28)24(22(33)34-19)9-3-4-20(27)23-15-12-14(25(29)30)6-7-16(15)26/h5-8,10-12,26H,3-4,9H2,1-2H3,(H,23,27)/b19-11-. The third-order valence-electron chi connectivity index (χ3n) is 4.83. The van der Waals surface area contributed by atoms with Gasteiger partial charge in [0.25, 0.3) is 11.6 Å². The van der Waals surface area contributed by atoms with Gasteiger partial charge in [0.2, 0.25) is 5.91 Å². The van der Waals surface area contributed by atoms with Crippen molar-refractivity contribution < 1.29 is 29.1 Å². The molecule has 3 rings (SSSR count). The number of carbonyl (C=O) groups excluding carboxylic acids is 2. The Hall–Kier alpha value is -3.64. The summed E-state index contributed by atoms with van der Waals surface area (Å²) in [7, 11) is 3.06. The smallest absolute Gasteiger partial charge is 0.271 e. The number of non-ortho nitro benzene ring substituents is 1. The largest absolute Gasteiger partial charge is 0.506 e. The van der Waals surface area contributed by atoms with E-state index in [4.69, 9.17) is 21.7 Å². The van der Waals surface area contributed by atoms with Crippen LogP contribution in [0.2, 0.25) is 0 Å². The van der Waals surface area contributed by atoms with Crippen LogP contribution in [0, 0.1) is 10.1 Å². The molecule has 12 heteroatoms. The van der Waals surface area contributed by atoms with Crippen molar-refractivity contribution >= 4 is 57.6 Å². The van der Waals surface area contributed by atoms with Gasteiger partial charge in [-0.3, -0.25) is 24.6 Å². The van der Waals surface area contributed by atoms with Crippen LogP contribution in [0.25, 0.3) is 6.08 Å². The number of methoxy groups -OCH3 is 2. The lowest BCUT2D eigenvalue weighted by molar-refractivity contribution is -0.384. The Morgan fingerprint density at radius 1 is 1.24 bits per heavy atom. The summed E-state index contributed by atoms with van der Waals surface area (Å²) in [6.07, 6.45) is 2.03. The molecule has 2 amide bonds. The Bertz CT molecular complexity index is 1180. The molecule has 2 N–H and O–H groups in total. The van der Waals surface area contributed by atoms with Crippen LogP contribution >= 0.6 is 24.0 Å². The predicted octanol–water partition coefficient (Wildman–Crippen LogP) is 3.94. The van der Waals surface area contributed by atoms with E-state index in [0.717, 1.165) is 23.8 Å². The number of phenolic OH excluding ortho intramolecular Hbond substituents is 1. The second-order valence-electron chi connectivity index (χ2n) is 7.06. The van der Waals surface area contributed by atoms with Crippen LogP contribution in [0.15, 0.2) is 41.3 Å². The quantitative estimate of drug-likeness (QED) is 0.172. The van der Waals surface area contributed by atoms with Gasteiger partial charge in [0, 0.05) is 25.1 Å². The van der Waals surface area contributed by atoms with Crippen molar-refractivity contribution in [2.45, 2.75) is 12.8 Å². The number of nitrogens with one attached hydrogen (secondary N) is 1. The van der Waals surface area contributed by atoms with E-state index in [2.05, 4.69) is 5.32 Å². The fourth-order valence-electron chi connectivity index (χ4n) is 3.13. The van der Waals surface area contributed by atoms with E-state index in [9.17, 15) is 24.8 Å². The predicted molar refractivity (Wildman–Crippen MR) is 132 cm³/mol. The van der Waals surface area contributed by atoms with Gasteiger partial charge in [0.1, 0.15) is 10.1 Å². The van der Waals surface area contributed by atoms with Crippen molar-refractivity contribution in [2.24, 2.45) is 0 Å². The van der Waals surface area contributed by atoms with Crippen molar-refractivity contribution in [2.75, 3.05) is 26.1 Å².